The summed E-state index contributed by atoms with van der Waals surface area (Å²) < 4.78 is 0.841. The number of aromatic nitrogens is 1. The number of thiazole rings is 1. The van der Waals surface area contributed by atoms with Crippen molar-refractivity contribution in [3.8, 4) is 0 Å². The molecule has 0 radical (unpaired) electrons. The van der Waals surface area contributed by atoms with Gasteiger partial charge in [0, 0.05) is 12.2 Å². The summed E-state index contributed by atoms with van der Waals surface area (Å²) in [5.41, 5.74) is 1.62. The predicted molar refractivity (Wildman–Crippen MR) is 102 cm³/mol. The van der Waals surface area contributed by atoms with E-state index in [1.807, 2.05) is 24.3 Å². The van der Waals surface area contributed by atoms with Gasteiger partial charge >= 0.3 is 5.00 Å². The van der Waals surface area contributed by atoms with Gasteiger partial charge in [-0.2, -0.15) is 0 Å². The fourth-order valence-corrected chi connectivity index (χ4v) is 2.68. The quantitative estimate of drug-likeness (QED) is 0.169. The van der Waals surface area contributed by atoms with Crippen LogP contribution in [0.15, 0.2) is 40.7 Å². The van der Waals surface area contributed by atoms with Gasteiger partial charge in [-0.3, -0.25) is 10.1 Å². The Bertz CT molecular complexity index is 760. The van der Waals surface area contributed by atoms with Gasteiger partial charge in [-0.05, 0) is 35.6 Å². The minimum Gasteiger partial charge on any atom is -1.00 e. The average Bonchev–Trinajstić information content (AvgIpc) is 3.06. The number of aliphatic hydroxyl groups is 1. The molecule has 2 rings (SSSR count). The second kappa shape index (κ2) is 10.6. The number of benzene rings is 1. The van der Waals surface area contributed by atoms with Gasteiger partial charge in [0.2, 0.25) is 5.13 Å². The summed E-state index contributed by atoms with van der Waals surface area (Å²) in [5, 5.41) is 28.1. The fraction of sp³-hybridized carbons (Fsp3) is 0.438. The maximum atomic E-state index is 10.6. The van der Waals surface area contributed by atoms with E-state index in [1.165, 1.54) is 6.20 Å². The molecule has 0 aliphatic heterocycles. The summed E-state index contributed by atoms with van der Waals surface area (Å²) in [5.74, 6) is 0. The number of azo groups is 1. The van der Waals surface area contributed by atoms with Gasteiger partial charge in [0.15, 0.2) is 0 Å². The third-order valence-electron chi connectivity index (χ3n) is 3.54. The number of likely N-dealkylation sites (N-methyl/N-ethyl adjacent to an activating group) is 1. The highest BCUT2D eigenvalue weighted by molar-refractivity contribution is 7.18. The average molecular weight is 506 g/mol. The van der Waals surface area contributed by atoms with Crippen LogP contribution in [0.2, 0.25) is 0 Å². The number of anilines is 1. The van der Waals surface area contributed by atoms with Crippen LogP contribution in [0, 0.1) is 10.1 Å². The predicted octanol–water partition coefficient (Wildman–Crippen LogP) is -0.0244. The number of nitrogens with zero attached hydrogens (tertiary/aromatic N) is 6. The van der Waals surface area contributed by atoms with Crippen LogP contribution in [0.25, 0.3) is 0 Å². The molecule has 9 nitrogen and oxygen atoms in total. The third kappa shape index (κ3) is 7.82. The SMILES string of the molecule is C[N+](C)(C)CCN(CCO)c1ccc(N=Nc2ncc([N+](=O)[O-])s2)cc1.[I-]. The Labute approximate surface area is 179 Å². The van der Waals surface area contributed by atoms with Crippen LogP contribution in [-0.4, -0.2) is 66.9 Å². The first-order chi connectivity index (χ1) is 12.3. The number of halogens is 1. The van der Waals surface area contributed by atoms with Gasteiger partial charge in [0.25, 0.3) is 0 Å². The van der Waals surface area contributed by atoms with Gasteiger partial charge in [-0.1, -0.05) is 0 Å². The van der Waals surface area contributed by atoms with Crippen LogP contribution in [-0.2, 0) is 0 Å². The van der Waals surface area contributed by atoms with Crippen molar-refractivity contribution in [1.82, 2.24) is 4.98 Å². The molecular formula is C16H23IN6O3S. The molecule has 0 spiro atoms. The first kappa shape index (κ1) is 23.3. The third-order valence-corrected chi connectivity index (χ3v) is 4.37. The molecule has 0 amide bonds. The molecule has 1 aromatic heterocycles. The molecule has 0 saturated heterocycles. The molecular weight excluding hydrogens is 483 g/mol. The van der Waals surface area contributed by atoms with E-state index in [0.29, 0.717) is 12.2 Å². The number of rotatable bonds is 9. The first-order valence-corrected chi connectivity index (χ1v) is 8.88. The Morgan fingerprint density at radius 2 is 1.89 bits per heavy atom. The Hall–Kier alpha value is -1.70. The lowest BCUT2D eigenvalue weighted by Gasteiger charge is -2.30. The maximum absolute atomic E-state index is 10.6. The number of nitro groups is 1. The molecule has 2 aromatic rings. The normalized spacial score (nSPS) is 11.4. The van der Waals surface area contributed by atoms with Crippen LogP contribution >= 0.6 is 11.3 Å². The topological polar surface area (TPSA) is 104 Å². The van der Waals surface area contributed by atoms with Crippen molar-refractivity contribution in [3.63, 3.8) is 0 Å². The number of hydrogen-bond donors (Lipinski definition) is 1. The van der Waals surface area contributed by atoms with Gasteiger partial charge < -0.3 is 38.5 Å². The summed E-state index contributed by atoms with van der Waals surface area (Å²) >= 11 is 0.875. The number of aliphatic hydroxyl groups excluding tert-OH is 1. The van der Waals surface area contributed by atoms with Crippen LogP contribution in [0.4, 0.5) is 21.5 Å². The van der Waals surface area contributed by atoms with E-state index in [9.17, 15) is 15.2 Å². The Morgan fingerprint density at radius 1 is 1.22 bits per heavy atom. The standard InChI is InChI=1S/C16H23N6O3S.HI/c1-22(2,3)10-8-20(9-11-23)14-6-4-13(5-7-14)18-19-16-17-12-15(26-16)21(24)25;/h4-7,12,23H,8-11H2,1-3H3;1H/q+1;/p-1. The van der Waals surface area contributed by atoms with E-state index in [4.69, 9.17) is 0 Å². The largest absolute Gasteiger partial charge is 1.00 e. The van der Waals surface area contributed by atoms with Crippen molar-refractivity contribution in [1.29, 1.82) is 0 Å². The minimum atomic E-state index is -0.502. The van der Waals surface area contributed by atoms with Crippen molar-refractivity contribution in [3.05, 3.63) is 40.6 Å². The zero-order chi connectivity index (χ0) is 19.2. The zero-order valence-corrected chi connectivity index (χ0v) is 18.4. The van der Waals surface area contributed by atoms with Gasteiger partial charge in [0.05, 0.1) is 51.5 Å². The fourth-order valence-electron chi connectivity index (χ4n) is 2.13. The van der Waals surface area contributed by atoms with Gasteiger partial charge in [0.1, 0.15) is 6.20 Å². The maximum Gasteiger partial charge on any atom is 0.345 e. The summed E-state index contributed by atoms with van der Waals surface area (Å²) in [6, 6.07) is 7.47. The van der Waals surface area contributed by atoms with Crippen LogP contribution in [0.3, 0.4) is 0 Å². The molecule has 1 heterocycles. The van der Waals surface area contributed by atoms with Gasteiger partial charge in [-0.25, -0.2) is 4.98 Å². The molecule has 11 heteroatoms. The second-order valence-corrected chi connectivity index (χ2v) is 7.67. The Kier molecular flexibility index (Phi) is 9.15. The monoisotopic (exact) mass is 506 g/mol. The van der Waals surface area contributed by atoms with Gasteiger partial charge in [-0.15, -0.1) is 10.2 Å². The molecule has 1 N–H and O–H groups in total. The molecule has 1 aromatic carbocycles. The van der Waals surface area contributed by atoms with E-state index in [2.05, 4.69) is 41.3 Å². The lowest BCUT2D eigenvalue weighted by molar-refractivity contribution is -0.868. The summed E-state index contributed by atoms with van der Waals surface area (Å²) in [6.07, 6.45) is 1.17. The zero-order valence-electron chi connectivity index (χ0n) is 15.4. The molecule has 27 heavy (non-hydrogen) atoms. The molecule has 0 saturated carbocycles. The van der Waals surface area contributed by atoms with Crippen molar-refractivity contribution in [2.45, 2.75) is 0 Å². The second-order valence-electron chi connectivity index (χ2n) is 6.68. The molecule has 0 bridgehead atoms. The first-order valence-electron chi connectivity index (χ1n) is 8.07. The molecule has 0 aliphatic rings. The molecule has 0 unspecified atom stereocenters. The molecule has 0 atom stereocenters. The number of hydrogen-bond acceptors (Lipinski definition) is 8. The highest BCUT2D eigenvalue weighted by atomic mass is 127. The van der Waals surface area contributed by atoms with Crippen LogP contribution in [0.5, 0.6) is 0 Å². The molecule has 0 fully saturated rings. The van der Waals surface area contributed by atoms with Crippen LogP contribution < -0.4 is 28.9 Å². The lowest BCUT2D eigenvalue weighted by atomic mass is 10.2. The Morgan fingerprint density at radius 3 is 2.41 bits per heavy atom. The molecule has 0 aliphatic carbocycles. The van der Waals surface area contributed by atoms with E-state index in [0.717, 1.165) is 34.6 Å². The minimum absolute atomic E-state index is 0. The van der Waals surface area contributed by atoms with Crippen molar-refractivity contribution in [2.24, 2.45) is 10.2 Å². The molecule has 148 valence electrons. The van der Waals surface area contributed by atoms with Crippen molar-refractivity contribution in [2.75, 3.05) is 52.3 Å². The van der Waals surface area contributed by atoms with Crippen molar-refractivity contribution >= 4 is 32.8 Å². The summed E-state index contributed by atoms with van der Waals surface area (Å²) in [6.45, 7) is 2.42. The van der Waals surface area contributed by atoms with Crippen molar-refractivity contribution < 1.29 is 38.5 Å². The number of quaternary nitrogens is 1. The summed E-state index contributed by atoms with van der Waals surface area (Å²) in [4.78, 5) is 16.1. The highest BCUT2D eigenvalue weighted by Crippen LogP contribution is 2.29. The van der Waals surface area contributed by atoms with E-state index < -0.39 is 4.92 Å². The lowest BCUT2D eigenvalue weighted by Crippen LogP contribution is -3.00. The van der Waals surface area contributed by atoms with E-state index >= 15 is 0 Å². The smallest absolute Gasteiger partial charge is 0.345 e. The highest BCUT2D eigenvalue weighted by Gasteiger charge is 2.13. The summed E-state index contributed by atoms with van der Waals surface area (Å²) in [7, 11) is 6.39. The van der Waals surface area contributed by atoms with Crippen LogP contribution in [0.1, 0.15) is 0 Å². The Balaban J connectivity index is 0.00000364. The van der Waals surface area contributed by atoms with E-state index in [-0.39, 0.29) is 40.7 Å². The van der Waals surface area contributed by atoms with E-state index in [1.54, 1.807) is 0 Å².